The molecule has 0 aromatic carbocycles. The van der Waals surface area contributed by atoms with E-state index in [-0.39, 0.29) is 11.1 Å². The van der Waals surface area contributed by atoms with Crippen LogP contribution in [0.5, 0.6) is 0 Å². The molecule has 0 amide bonds. The number of aliphatic hydroxyl groups excluding tert-OH is 7. The average Bonchev–Trinajstić information content (AvgIpc) is 2.99. The lowest BCUT2D eigenvalue weighted by Crippen LogP contribution is -1.99. The van der Waals surface area contributed by atoms with Gasteiger partial charge in [0.25, 0.3) is 0 Å². The fourth-order valence-electron chi connectivity index (χ4n) is 0. The van der Waals surface area contributed by atoms with Crippen molar-refractivity contribution < 1.29 is 91.3 Å². The van der Waals surface area contributed by atoms with Gasteiger partial charge in [-0.25, -0.2) is 9.59 Å². The molecule has 0 atom stereocenters. The molecule has 0 saturated carbocycles. The van der Waals surface area contributed by atoms with Crippen LogP contribution in [0.3, 0.4) is 0 Å². The van der Waals surface area contributed by atoms with Crippen LogP contribution in [-0.2, 0) is 9.59 Å². The van der Waals surface area contributed by atoms with Crippen LogP contribution in [0.4, 0.5) is 0 Å². The molecule has 0 aromatic heterocycles. The molecule has 0 bridgehead atoms. The smallest absolute Gasteiger partial charge is 0.330 e. The average molecular weight is 705 g/mol. The zero-order valence-corrected chi connectivity index (χ0v) is 29.4. The van der Waals surface area contributed by atoms with E-state index in [4.69, 9.17) is 81.7 Å². The molecule has 0 aliphatic carbocycles. The monoisotopic (exact) mass is 704 g/mol. The first kappa shape index (κ1) is 67.1. The number of carboxylic acid groups (broad SMARTS) is 2. The van der Waals surface area contributed by atoms with Gasteiger partial charge in [-0.15, -0.1) is 0 Å². The number of rotatable bonds is 9. The van der Waals surface area contributed by atoms with Crippen LogP contribution in [0.2, 0.25) is 0 Å². The topological polar surface area (TPSA) is 358 Å². The van der Waals surface area contributed by atoms with Crippen molar-refractivity contribution in [3.63, 3.8) is 0 Å². The summed E-state index contributed by atoms with van der Waals surface area (Å²) in [7, 11) is 0. The molecule has 47 heavy (non-hydrogen) atoms. The quantitative estimate of drug-likeness (QED) is 0.104. The first-order valence-corrected chi connectivity index (χ1v) is 14.5. The van der Waals surface area contributed by atoms with E-state index in [1.54, 1.807) is 48.5 Å². The minimum absolute atomic E-state index is 0.176. The molecule has 0 unspecified atom stereocenters. The fourth-order valence-corrected chi connectivity index (χ4v) is 0. The largest absolute Gasteiger partial charge is 0.478 e. The molecule has 18 heteroatoms. The number of carboxylic acids is 2. The molecule has 0 heterocycles. The summed E-state index contributed by atoms with van der Waals surface area (Å²) in [5.74, 6) is -1.87. The Hall–Kier alpha value is -2.14. The minimum atomic E-state index is -1.12. The third-order valence-corrected chi connectivity index (χ3v) is 3.29. The Kier molecular flexibility index (Phi) is 80.3. The molecule has 0 rings (SSSR count). The van der Waals surface area contributed by atoms with Crippen molar-refractivity contribution in [3.8, 4) is 0 Å². The first-order chi connectivity index (χ1) is 21.2. The van der Waals surface area contributed by atoms with E-state index in [0.29, 0.717) is 44.9 Å². The van der Waals surface area contributed by atoms with Crippen molar-refractivity contribution in [2.24, 2.45) is 0 Å². The van der Waals surface area contributed by atoms with Gasteiger partial charge in [0.2, 0.25) is 0 Å². The molecular formula is C29H68O18. The lowest BCUT2D eigenvalue weighted by molar-refractivity contribution is -0.133. The fraction of sp³-hybridized carbons (Fsp3) is 0.793. The van der Waals surface area contributed by atoms with Gasteiger partial charge in [-0.2, -0.15) is 0 Å². The highest BCUT2D eigenvalue weighted by Crippen LogP contribution is 1.82. The summed E-state index contributed by atoms with van der Waals surface area (Å²) in [6.45, 7) is 21.1. The van der Waals surface area contributed by atoms with Gasteiger partial charge in [0.05, 0.1) is 0 Å². The van der Waals surface area contributed by atoms with E-state index in [0.717, 1.165) is 0 Å². The molecule has 0 fully saturated rings. The second-order valence-electron chi connectivity index (χ2n) is 8.39. The molecule has 0 aliphatic heterocycles. The van der Waals surface area contributed by atoms with Crippen molar-refractivity contribution in [2.45, 2.75) is 151 Å². The van der Waals surface area contributed by atoms with E-state index in [1.807, 2.05) is 0 Å². The van der Waals surface area contributed by atoms with E-state index >= 15 is 0 Å². The zero-order chi connectivity index (χ0) is 40.3. The van der Waals surface area contributed by atoms with Gasteiger partial charge >= 0.3 is 11.9 Å². The summed E-state index contributed by atoms with van der Waals surface area (Å²) in [4.78, 5) is 19.2. The van der Waals surface area contributed by atoms with Crippen LogP contribution in [-0.4, -0.2) is 138 Å². The molecule has 0 aromatic rings. The standard InChI is InChI=1S/2C4H6O2.7C3H8O2/c2*1-3(2)4(5)6;7*1-2-3(4)5/h2*1H2,2H3,(H,5,6);7*3-5H,2H2,1H3. The van der Waals surface area contributed by atoms with Gasteiger partial charge in [-0.1, -0.05) is 61.6 Å². The van der Waals surface area contributed by atoms with Crippen molar-refractivity contribution in [3.05, 3.63) is 24.3 Å². The first-order valence-electron chi connectivity index (χ1n) is 14.5. The van der Waals surface area contributed by atoms with Crippen molar-refractivity contribution in [2.75, 3.05) is 0 Å². The summed E-state index contributed by atoms with van der Waals surface area (Å²) >= 11 is 0. The second kappa shape index (κ2) is 56.2. The van der Waals surface area contributed by atoms with Crippen LogP contribution in [0.15, 0.2) is 24.3 Å². The van der Waals surface area contributed by atoms with Crippen LogP contribution < -0.4 is 0 Å². The Morgan fingerprint density at radius 3 is 0.404 bits per heavy atom. The Labute approximate surface area is 279 Å². The summed E-state index contributed by atoms with van der Waals surface area (Å²) < 4.78 is 0. The minimum Gasteiger partial charge on any atom is -0.478 e. The molecule has 0 saturated heterocycles. The van der Waals surface area contributed by atoms with Gasteiger partial charge in [0.1, 0.15) is 0 Å². The SMILES string of the molecule is C=C(C)C(=O)O.C=C(C)C(=O)O.CCC(O)O.CCC(O)O.CCC(O)O.CCC(O)O.CCC(O)O.CCC(O)O.CCC(O)O. The summed E-state index contributed by atoms with van der Waals surface area (Å²) in [5.41, 5.74) is 0.352. The number of hydrogen-bond acceptors (Lipinski definition) is 16. The lowest BCUT2D eigenvalue weighted by Gasteiger charge is -1.90. The Balaban J connectivity index is -0.0000000494. The predicted molar refractivity (Wildman–Crippen MR) is 175 cm³/mol. The maximum absolute atomic E-state index is 9.60. The van der Waals surface area contributed by atoms with Gasteiger partial charge in [-0.3, -0.25) is 0 Å². The highest BCUT2D eigenvalue weighted by molar-refractivity contribution is 5.85. The van der Waals surface area contributed by atoms with Crippen molar-refractivity contribution in [1.82, 2.24) is 0 Å². The molecule has 0 radical (unpaired) electrons. The number of carbonyl (C=O) groups is 2. The van der Waals surface area contributed by atoms with Gasteiger partial charge in [0.15, 0.2) is 44.0 Å². The summed E-state index contributed by atoms with van der Waals surface area (Å²) in [6.07, 6.45) is -4.89. The van der Waals surface area contributed by atoms with E-state index in [9.17, 15) is 9.59 Å². The van der Waals surface area contributed by atoms with Gasteiger partial charge < -0.3 is 81.7 Å². The molecule has 292 valence electrons. The molecule has 0 spiro atoms. The highest BCUT2D eigenvalue weighted by atomic mass is 16.5. The lowest BCUT2D eigenvalue weighted by atomic mass is 10.4. The molecule has 0 aliphatic rings. The second-order valence-corrected chi connectivity index (χ2v) is 8.39. The van der Waals surface area contributed by atoms with Gasteiger partial charge in [-0.05, 0) is 58.8 Å². The van der Waals surface area contributed by atoms with Gasteiger partial charge in [0, 0.05) is 11.1 Å². The van der Waals surface area contributed by atoms with Crippen LogP contribution >= 0.6 is 0 Å². The zero-order valence-electron chi connectivity index (χ0n) is 29.4. The third-order valence-electron chi connectivity index (χ3n) is 3.29. The number of aliphatic hydroxyl groups is 14. The third kappa shape index (κ3) is 195. The van der Waals surface area contributed by atoms with Crippen molar-refractivity contribution >= 4 is 11.9 Å². The van der Waals surface area contributed by atoms with Crippen LogP contribution in [0.1, 0.15) is 107 Å². The number of hydrogen-bond donors (Lipinski definition) is 16. The Morgan fingerprint density at radius 2 is 0.404 bits per heavy atom. The van der Waals surface area contributed by atoms with Crippen LogP contribution in [0.25, 0.3) is 0 Å². The summed E-state index contributed by atoms with van der Waals surface area (Å²) in [6, 6.07) is 0. The molecule has 16 N–H and O–H groups in total. The normalized spacial score (nSPS) is 9.06. The summed E-state index contributed by atoms with van der Waals surface area (Å²) in [5, 5.41) is 127. The highest BCUT2D eigenvalue weighted by Gasteiger charge is 1.91. The molecule has 18 nitrogen and oxygen atoms in total. The molecular weight excluding hydrogens is 636 g/mol. The van der Waals surface area contributed by atoms with Crippen LogP contribution in [0, 0.1) is 0 Å². The predicted octanol–water partition coefficient (Wildman–Crippen LogP) is -0.756. The van der Waals surface area contributed by atoms with E-state index in [1.165, 1.54) is 13.8 Å². The Bertz CT molecular complexity index is 481. The van der Waals surface area contributed by atoms with Crippen molar-refractivity contribution in [1.29, 1.82) is 0 Å². The van der Waals surface area contributed by atoms with E-state index in [2.05, 4.69) is 13.2 Å². The van der Waals surface area contributed by atoms with E-state index < -0.39 is 56.0 Å². The number of aliphatic carboxylic acids is 2. The maximum Gasteiger partial charge on any atom is 0.330 e. The Morgan fingerprint density at radius 1 is 0.362 bits per heavy atom. The maximum atomic E-state index is 9.60.